The van der Waals surface area contributed by atoms with Crippen molar-refractivity contribution in [1.29, 1.82) is 0 Å². The van der Waals surface area contributed by atoms with Crippen molar-refractivity contribution in [3.8, 4) is 0 Å². The largest absolute Gasteiger partial charge is 0.355 e. The van der Waals surface area contributed by atoms with E-state index in [1.165, 1.54) is 96.3 Å². The summed E-state index contributed by atoms with van der Waals surface area (Å²) in [6.07, 6.45) is 22.6. The van der Waals surface area contributed by atoms with Crippen molar-refractivity contribution in [3.63, 3.8) is 0 Å². The molecule has 0 aliphatic rings. The Bertz CT molecular complexity index is 452. The van der Waals surface area contributed by atoms with Gasteiger partial charge in [-0.25, -0.2) is 0 Å². The lowest BCUT2D eigenvalue weighted by atomic mass is 10.0. The van der Waals surface area contributed by atoms with Gasteiger partial charge >= 0.3 is 0 Å². The highest BCUT2D eigenvalue weighted by atomic mass is 16.2. The Morgan fingerprint density at radius 1 is 0.543 bits per heavy atom. The van der Waals surface area contributed by atoms with E-state index >= 15 is 0 Å². The van der Waals surface area contributed by atoms with Crippen molar-refractivity contribution in [1.82, 2.24) is 15.5 Å². The van der Waals surface area contributed by atoms with E-state index in [2.05, 4.69) is 22.5 Å². The second kappa shape index (κ2) is 27.4. The van der Waals surface area contributed by atoms with Crippen molar-refractivity contribution < 1.29 is 9.59 Å². The molecule has 0 radical (unpaired) electrons. The zero-order chi connectivity index (χ0) is 25.8. The highest BCUT2D eigenvalue weighted by molar-refractivity contribution is 5.76. The Balaban J connectivity index is 3.79. The van der Waals surface area contributed by atoms with Gasteiger partial charge in [0.05, 0.1) is 0 Å². The van der Waals surface area contributed by atoms with E-state index in [1.54, 1.807) is 0 Å². The first-order valence-electron chi connectivity index (χ1n) is 14.8. The van der Waals surface area contributed by atoms with E-state index in [4.69, 9.17) is 11.5 Å². The summed E-state index contributed by atoms with van der Waals surface area (Å²) in [6, 6.07) is 0. The molecule has 35 heavy (non-hydrogen) atoms. The second-order valence-electron chi connectivity index (χ2n) is 9.92. The Labute approximate surface area is 216 Å². The van der Waals surface area contributed by atoms with Crippen molar-refractivity contribution >= 4 is 11.8 Å². The summed E-state index contributed by atoms with van der Waals surface area (Å²) >= 11 is 0. The van der Waals surface area contributed by atoms with E-state index in [1.807, 2.05) is 0 Å². The van der Waals surface area contributed by atoms with Crippen LogP contribution in [-0.2, 0) is 9.59 Å². The minimum atomic E-state index is 0.0278. The molecule has 208 valence electrons. The first-order valence-corrected chi connectivity index (χ1v) is 14.8. The van der Waals surface area contributed by atoms with Crippen LogP contribution in [0.5, 0.6) is 0 Å². The Kier molecular flexibility index (Phi) is 26.5. The van der Waals surface area contributed by atoms with E-state index in [0.717, 1.165) is 13.0 Å². The molecule has 0 rings (SSSR count). The lowest BCUT2D eigenvalue weighted by Gasteiger charge is -2.22. The van der Waals surface area contributed by atoms with Crippen LogP contribution in [0, 0.1) is 0 Å². The first kappa shape index (κ1) is 33.8. The normalized spacial score (nSPS) is 11.2. The summed E-state index contributed by atoms with van der Waals surface area (Å²) in [7, 11) is 0. The van der Waals surface area contributed by atoms with Crippen LogP contribution in [-0.4, -0.2) is 62.5 Å². The third-order valence-corrected chi connectivity index (χ3v) is 6.57. The standard InChI is InChI=1S/C28H59N5O2/c1-2-3-4-5-6-7-8-9-10-11-12-13-14-15-16-17-24-33(25-18-27(34)31-22-20-29)26-19-28(35)32-23-21-30/h2-26,29-30H2,1H3,(H,31,34)(H,32,35). The highest BCUT2D eigenvalue weighted by Crippen LogP contribution is 2.14. The maximum atomic E-state index is 11.9. The summed E-state index contributed by atoms with van der Waals surface area (Å²) in [6.45, 7) is 6.51. The SMILES string of the molecule is CCCCCCCCCCCCCCCCCCN(CCC(=O)NCCN)CCC(=O)NCCN. The molecule has 0 aromatic carbocycles. The molecule has 0 saturated carbocycles. The molecule has 0 bridgehead atoms. The molecule has 0 aliphatic carbocycles. The van der Waals surface area contributed by atoms with Gasteiger partial charge in [0.1, 0.15) is 0 Å². The van der Waals surface area contributed by atoms with Crippen molar-refractivity contribution in [3.05, 3.63) is 0 Å². The van der Waals surface area contributed by atoms with Crippen LogP contribution < -0.4 is 22.1 Å². The smallest absolute Gasteiger partial charge is 0.221 e. The van der Waals surface area contributed by atoms with Crippen LogP contribution in [0.2, 0.25) is 0 Å². The van der Waals surface area contributed by atoms with E-state index in [-0.39, 0.29) is 11.8 Å². The van der Waals surface area contributed by atoms with Crippen LogP contribution in [0.3, 0.4) is 0 Å². The molecule has 0 spiro atoms. The Hall–Kier alpha value is -1.18. The number of nitrogens with zero attached hydrogens (tertiary/aromatic N) is 1. The average molecular weight is 498 g/mol. The molecule has 0 atom stereocenters. The van der Waals surface area contributed by atoms with Gasteiger partial charge in [0.25, 0.3) is 0 Å². The molecule has 0 aromatic rings. The van der Waals surface area contributed by atoms with E-state index in [9.17, 15) is 9.59 Å². The molecular formula is C28H59N5O2. The lowest BCUT2D eigenvalue weighted by molar-refractivity contribution is -0.121. The lowest BCUT2D eigenvalue weighted by Crippen LogP contribution is -2.36. The van der Waals surface area contributed by atoms with Gasteiger partial charge in [0, 0.05) is 52.1 Å². The van der Waals surface area contributed by atoms with E-state index in [0.29, 0.717) is 52.1 Å². The predicted molar refractivity (Wildman–Crippen MR) is 149 cm³/mol. The van der Waals surface area contributed by atoms with Crippen molar-refractivity contribution in [2.75, 3.05) is 45.8 Å². The van der Waals surface area contributed by atoms with Crippen LogP contribution in [0.4, 0.5) is 0 Å². The molecule has 6 N–H and O–H groups in total. The maximum absolute atomic E-state index is 11.9. The molecule has 0 unspecified atom stereocenters. The van der Waals surface area contributed by atoms with E-state index < -0.39 is 0 Å². The summed E-state index contributed by atoms with van der Waals surface area (Å²) < 4.78 is 0. The Morgan fingerprint density at radius 3 is 1.23 bits per heavy atom. The van der Waals surface area contributed by atoms with Crippen LogP contribution in [0.1, 0.15) is 122 Å². The van der Waals surface area contributed by atoms with Gasteiger partial charge in [-0.1, -0.05) is 103 Å². The topological polar surface area (TPSA) is 113 Å². The average Bonchev–Trinajstić information content (AvgIpc) is 2.86. The molecule has 0 heterocycles. The van der Waals surface area contributed by atoms with Crippen LogP contribution in [0.15, 0.2) is 0 Å². The van der Waals surface area contributed by atoms with Crippen molar-refractivity contribution in [2.24, 2.45) is 11.5 Å². The fraction of sp³-hybridized carbons (Fsp3) is 0.929. The van der Waals surface area contributed by atoms with Crippen LogP contribution >= 0.6 is 0 Å². The second-order valence-corrected chi connectivity index (χ2v) is 9.92. The summed E-state index contributed by atoms with van der Waals surface area (Å²) in [5.41, 5.74) is 10.9. The monoisotopic (exact) mass is 497 g/mol. The maximum Gasteiger partial charge on any atom is 0.221 e. The van der Waals surface area contributed by atoms with Gasteiger partial charge in [0.2, 0.25) is 11.8 Å². The number of nitrogens with two attached hydrogens (primary N) is 2. The zero-order valence-electron chi connectivity index (χ0n) is 23.1. The quantitative estimate of drug-likeness (QED) is 0.125. The number of carbonyl (C=O) groups excluding carboxylic acids is 2. The summed E-state index contributed by atoms with van der Waals surface area (Å²) in [5.74, 6) is 0.0556. The minimum absolute atomic E-state index is 0.0278. The number of rotatable bonds is 27. The number of hydrogen-bond donors (Lipinski definition) is 4. The number of carbonyl (C=O) groups is 2. The molecule has 0 fully saturated rings. The molecule has 7 nitrogen and oxygen atoms in total. The Morgan fingerprint density at radius 2 is 0.886 bits per heavy atom. The zero-order valence-corrected chi connectivity index (χ0v) is 23.1. The highest BCUT2D eigenvalue weighted by Gasteiger charge is 2.10. The first-order chi connectivity index (χ1) is 17.1. The number of nitrogens with one attached hydrogen (secondary N) is 2. The summed E-state index contributed by atoms with van der Waals surface area (Å²) in [5, 5.41) is 5.64. The number of hydrogen-bond acceptors (Lipinski definition) is 5. The van der Waals surface area contributed by atoms with Gasteiger partial charge in [-0.05, 0) is 13.0 Å². The summed E-state index contributed by atoms with van der Waals surface area (Å²) in [4.78, 5) is 26.1. The third-order valence-electron chi connectivity index (χ3n) is 6.57. The van der Waals surface area contributed by atoms with Crippen molar-refractivity contribution in [2.45, 2.75) is 122 Å². The molecule has 0 aromatic heterocycles. The van der Waals surface area contributed by atoms with Gasteiger partial charge in [0.15, 0.2) is 0 Å². The predicted octanol–water partition coefficient (Wildman–Crippen LogP) is 4.48. The fourth-order valence-electron chi connectivity index (χ4n) is 4.34. The van der Waals surface area contributed by atoms with Gasteiger partial charge in [-0.3, -0.25) is 9.59 Å². The van der Waals surface area contributed by atoms with Gasteiger partial charge < -0.3 is 27.0 Å². The third kappa shape index (κ3) is 25.7. The molecule has 0 saturated heterocycles. The van der Waals surface area contributed by atoms with Crippen LogP contribution in [0.25, 0.3) is 0 Å². The number of amides is 2. The fourth-order valence-corrected chi connectivity index (χ4v) is 4.34. The van der Waals surface area contributed by atoms with Gasteiger partial charge in [-0.15, -0.1) is 0 Å². The molecular weight excluding hydrogens is 438 g/mol. The number of unbranched alkanes of at least 4 members (excludes halogenated alkanes) is 15. The molecule has 0 aliphatic heterocycles. The molecule has 7 heteroatoms. The molecule has 2 amide bonds. The minimum Gasteiger partial charge on any atom is -0.355 e. The van der Waals surface area contributed by atoms with Gasteiger partial charge in [-0.2, -0.15) is 0 Å².